The second-order valence-electron chi connectivity index (χ2n) is 4.33. The number of benzene rings is 1. The van der Waals surface area contributed by atoms with Crippen LogP contribution in [-0.2, 0) is 6.42 Å². The van der Waals surface area contributed by atoms with Gasteiger partial charge in [-0.05, 0) is 43.4 Å². The molecule has 0 heterocycles. The van der Waals surface area contributed by atoms with Gasteiger partial charge in [0.2, 0.25) is 0 Å². The highest BCUT2D eigenvalue weighted by Crippen LogP contribution is 2.32. The smallest absolute Gasteiger partial charge is 0.0346 e. The lowest BCUT2D eigenvalue weighted by atomic mass is 9.92. The standard InChI is InChI=1S/C13H19N/c1-10-6-5-8-11-7-3-4-9-12(11)13(10)14-2/h3-4,7,9-10,13-14H,5-6,8H2,1-2H3. The van der Waals surface area contributed by atoms with Crippen molar-refractivity contribution >= 4 is 0 Å². The number of fused-ring (bicyclic) bond motifs is 1. The maximum absolute atomic E-state index is 3.45. The zero-order chi connectivity index (χ0) is 9.97. The fourth-order valence-corrected chi connectivity index (χ4v) is 2.59. The van der Waals surface area contributed by atoms with Crippen LogP contribution in [0.25, 0.3) is 0 Å². The van der Waals surface area contributed by atoms with E-state index < -0.39 is 0 Å². The third-order valence-electron chi connectivity index (χ3n) is 3.38. The van der Waals surface area contributed by atoms with Crippen LogP contribution in [0.3, 0.4) is 0 Å². The average molecular weight is 189 g/mol. The molecule has 0 aliphatic heterocycles. The molecular formula is C13H19N. The summed E-state index contributed by atoms with van der Waals surface area (Å²) in [6.07, 6.45) is 3.91. The van der Waals surface area contributed by atoms with Crippen LogP contribution < -0.4 is 5.32 Å². The van der Waals surface area contributed by atoms with Crippen molar-refractivity contribution in [1.82, 2.24) is 5.32 Å². The molecule has 0 saturated heterocycles. The zero-order valence-electron chi connectivity index (χ0n) is 9.09. The van der Waals surface area contributed by atoms with Crippen LogP contribution in [0.15, 0.2) is 24.3 Å². The van der Waals surface area contributed by atoms with Crippen LogP contribution >= 0.6 is 0 Å². The van der Waals surface area contributed by atoms with Crippen molar-refractivity contribution in [2.45, 2.75) is 32.2 Å². The summed E-state index contributed by atoms with van der Waals surface area (Å²) in [5.41, 5.74) is 3.05. The van der Waals surface area contributed by atoms with E-state index in [-0.39, 0.29) is 0 Å². The SMILES string of the molecule is CNC1c2ccccc2CCCC1C. The average Bonchev–Trinajstić information content (AvgIpc) is 2.36. The van der Waals surface area contributed by atoms with Gasteiger partial charge in [0, 0.05) is 6.04 Å². The number of rotatable bonds is 1. The van der Waals surface area contributed by atoms with Gasteiger partial charge in [-0.25, -0.2) is 0 Å². The first kappa shape index (κ1) is 9.72. The van der Waals surface area contributed by atoms with Gasteiger partial charge in [0.1, 0.15) is 0 Å². The number of hydrogen-bond donors (Lipinski definition) is 1. The van der Waals surface area contributed by atoms with Crippen LogP contribution in [0.2, 0.25) is 0 Å². The first-order valence-corrected chi connectivity index (χ1v) is 5.58. The summed E-state index contributed by atoms with van der Waals surface area (Å²) in [5.74, 6) is 0.753. The van der Waals surface area contributed by atoms with E-state index in [2.05, 4.69) is 43.6 Å². The van der Waals surface area contributed by atoms with Gasteiger partial charge in [-0.1, -0.05) is 31.2 Å². The molecule has 0 amide bonds. The molecule has 2 unspecified atom stereocenters. The lowest BCUT2D eigenvalue weighted by Crippen LogP contribution is -2.23. The summed E-state index contributed by atoms with van der Waals surface area (Å²) in [6, 6.07) is 9.41. The highest BCUT2D eigenvalue weighted by Gasteiger charge is 2.22. The van der Waals surface area contributed by atoms with E-state index in [4.69, 9.17) is 0 Å². The molecule has 1 heteroatoms. The first-order valence-electron chi connectivity index (χ1n) is 5.58. The minimum absolute atomic E-state index is 0.550. The van der Waals surface area contributed by atoms with Gasteiger partial charge in [0.05, 0.1) is 0 Å². The second kappa shape index (κ2) is 4.14. The predicted molar refractivity (Wildman–Crippen MR) is 60.3 cm³/mol. The summed E-state index contributed by atoms with van der Waals surface area (Å²) < 4.78 is 0. The van der Waals surface area contributed by atoms with E-state index in [1.165, 1.54) is 30.4 Å². The molecule has 1 nitrogen and oxygen atoms in total. The number of hydrogen-bond acceptors (Lipinski definition) is 1. The molecule has 2 rings (SSSR count). The van der Waals surface area contributed by atoms with Crippen molar-refractivity contribution in [1.29, 1.82) is 0 Å². The fourth-order valence-electron chi connectivity index (χ4n) is 2.59. The summed E-state index contributed by atoms with van der Waals surface area (Å²) >= 11 is 0. The van der Waals surface area contributed by atoms with Crippen molar-refractivity contribution < 1.29 is 0 Å². The van der Waals surface area contributed by atoms with E-state index in [0.29, 0.717) is 6.04 Å². The van der Waals surface area contributed by atoms with Crippen LogP contribution in [-0.4, -0.2) is 7.05 Å². The molecule has 0 saturated carbocycles. The van der Waals surface area contributed by atoms with Gasteiger partial charge in [-0.15, -0.1) is 0 Å². The monoisotopic (exact) mass is 189 g/mol. The molecule has 0 aromatic heterocycles. The van der Waals surface area contributed by atoms with Crippen molar-refractivity contribution in [2.75, 3.05) is 7.05 Å². The van der Waals surface area contributed by atoms with Crippen LogP contribution in [0, 0.1) is 5.92 Å². The quantitative estimate of drug-likeness (QED) is 0.670. The van der Waals surface area contributed by atoms with E-state index in [1.54, 1.807) is 0 Å². The minimum atomic E-state index is 0.550. The van der Waals surface area contributed by atoms with Crippen molar-refractivity contribution in [3.8, 4) is 0 Å². The Kier molecular flexibility index (Phi) is 2.87. The second-order valence-corrected chi connectivity index (χ2v) is 4.33. The molecule has 14 heavy (non-hydrogen) atoms. The largest absolute Gasteiger partial charge is 0.313 e. The van der Waals surface area contributed by atoms with Gasteiger partial charge in [-0.3, -0.25) is 0 Å². The number of aryl methyl sites for hydroxylation is 1. The Labute approximate surface area is 86.5 Å². The van der Waals surface area contributed by atoms with E-state index in [1.807, 2.05) is 0 Å². The molecule has 0 radical (unpaired) electrons. The third-order valence-corrected chi connectivity index (χ3v) is 3.38. The molecule has 1 aliphatic rings. The topological polar surface area (TPSA) is 12.0 Å². The maximum Gasteiger partial charge on any atom is 0.0346 e. The Bertz CT molecular complexity index is 306. The summed E-state index contributed by atoms with van der Waals surface area (Å²) in [4.78, 5) is 0. The molecule has 1 aromatic rings. The number of nitrogens with one attached hydrogen (secondary N) is 1. The van der Waals surface area contributed by atoms with Crippen LogP contribution in [0.5, 0.6) is 0 Å². The zero-order valence-corrected chi connectivity index (χ0v) is 9.09. The highest BCUT2D eigenvalue weighted by molar-refractivity contribution is 5.31. The van der Waals surface area contributed by atoms with E-state index >= 15 is 0 Å². The van der Waals surface area contributed by atoms with Gasteiger partial charge in [0.25, 0.3) is 0 Å². The molecule has 1 aliphatic carbocycles. The Morgan fingerprint density at radius 2 is 2.07 bits per heavy atom. The summed E-state index contributed by atoms with van der Waals surface area (Å²) in [7, 11) is 2.07. The lowest BCUT2D eigenvalue weighted by molar-refractivity contribution is 0.391. The van der Waals surface area contributed by atoms with E-state index in [9.17, 15) is 0 Å². The van der Waals surface area contributed by atoms with Crippen LogP contribution in [0.4, 0.5) is 0 Å². The van der Waals surface area contributed by atoms with Gasteiger partial charge < -0.3 is 5.32 Å². The highest BCUT2D eigenvalue weighted by atomic mass is 14.9. The van der Waals surface area contributed by atoms with Crippen LogP contribution in [0.1, 0.15) is 36.9 Å². The molecule has 1 aromatic carbocycles. The molecule has 76 valence electrons. The maximum atomic E-state index is 3.45. The molecule has 1 N–H and O–H groups in total. The summed E-state index contributed by atoms with van der Waals surface area (Å²) in [5, 5.41) is 3.45. The molecular weight excluding hydrogens is 170 g/mol. The van der Waals surface area contributed by atoms with E-state index in [0.717, 1.165) is 5.92 Å². The molecule has 0 fully saturated rings. The summed E-state index contributed by atoms with van der Waals surface area (Å²) in [6.45, 7) is 2.35. The van der Waals surface area contributed by atoms with Gasteiger partial charge in [0.15, 0.2) is 0 Å². The lowest BCUT2D eigenvalue weighted by Gasteiger charge is -2.22. The molecule has 2 atom stereocenters. The van der Waals surface area contributed by atoms with Crippen molar-refractivity contribution in [3.63, 3.8) is 0 Å². The minimum Gasteiger partial charge on any atom is -0.313 e. The molecule has 0 bridgehead atoms. The van der Waals surface area contributed by atoms with Crippen molar-refractivity contribution in [3.05, 3.63) is 35.4 Å². The van der Waals surface area contributed by atoms with Crippen molar-refractivity contribution in [2.24, 2.45) is 5.92 Å². The Hall–Kier alpha value is -0.820. The van der Waals surface area contributed by atoms with Gasteiger partial charge >= 0.3 is 0 Å². The Morgan fingerprint density at radius 1 is 1.29 bits per heavy atom. The molecule has 0 spiro atoms. The first-order chi connectivity index (χ1) is 6.83. The Balaban J connectivity index is 2.39. The Morgan fingerprint density at radius 3 is 2.86 bits per heavy atom. The predicted octanol–water partition coefficient (Wildman–Crippen LogP) is 2.92. The fraction of sp³-hybridized carbons (Fsp3) is 0.538. The normalized spacial score (nSPS) is 26.7. The van der Waals surface area contributed by atoms with Gasteiger partial charge in [-0.2, -0.15) is 0 Å². The third kappa shape index (κ3) is 1.69.